The Morgan fingerprint density at radius 1 is 1.03 bits per heavy atom. The molecule has 0 spiro atoms. The number of hydrogen-bond donors (Lipinski definition) is 1. The first kappa shape index (κ1) is 21.9. The van der Waals surface area contributed by atoms with E-state index in [9.17, 15) is 9.18 Å². The van der Waals surface area contributed by atoms with E-state index in [1.54, 1.807) is 43.4 Å². The van der Waals surface area contributed by atoms with Gasteiger partial charge in [-0.1, -0.05) is 29.4 Å². The first-order valence-corrected chi connectivity index (χ1v) is 10.5. The van der Waals surface area contributed by atoms with E-state index in [4.69, 9.17) is 9.47 Å². The number of imidazole rings is 1. The molecule has 0 aliphatic rings. The molecule has 0 atom stereocenters. The highest BCUT2D eigenvalue weighted by molar-refractivity contribution is 5.90. The number of carbonyl (C=O) groups excluding carboxylic acids is 1. The maximum absolute atomic E-state index is 13.9. The molecule has 0 aliphatic carbocycles. The number of pyridine rings is 1. The monoisotopic (exact) mass is 474 g/mol. The Hall–Kier alpha value is -4.87. The molecule has 1 amide bonds. The topological polar surface area (TPSA) is 122 Å². The van der Waals surface area contributed by atoms with Crippen LogP contribution in [-0.4, -0.2) is 47.3 Å². The number of carbonyl (C=O) groups is 1. The van der Waals surface area contributed by atoms with E-state index >= 15 is 0 Å². The normalized spacial score (nSPS) is 10.9. The third-order valence-corrected chi connectivity index (χ3v) is 4.92. The van der Waals surface area contributed by atoms with E-state index in [0.717, 1.165) is 0 Å². The van der Waals surface area contributed by atoms with Crippen molar-refractivity contribution in [2.45, 2.75) is 6.61 Å². The van der Waals surface area contributed by atoms with Crippen molar-refractivity contribution in [2.24, 2.45) is 7.05 Å². The molecule has 12 heteroatoms. The van der Waals surface area contributed by atoms with Crippen LogP contribution in [0.15, 0.2) is 66.7 Å². The molecule has 1 N–H and O–H groups in total. The zero-order chi connectivity index (χ0) is 24.2. The molecule has 0 unspecified atom stereocenters. The molecule has 35 heavy (non-hydrogen) atoms. The van der Waals surface area contributed by atoms with Gasteiger partial charge in [-0.15, -0.1) is 0 Å². The van der Waals surface area contributed by atoms with Gasteiger partial charge >= 0.3 is 6.01 Å². The summed E-state index contributed by atoms with van der Waals surface area (Å²) in [5.41, 5.74) is 1.50. The fraction of sp³-hybridized carbons (Fsp3) is 0.130. The molecule has 5 rings (SSSR count). The molecular formula is C23H19FN8O3. The lowest BCUT2D eigenvalue weighted by Crippen LogP contribution is -2.21. The number of nitrogens with zero attached hydrogens (tertiary/aromatic N) is 7. The second-order valence-electron chi connectivity index (χ2n) is 7.42. The number of amides is 1. The van der Waals surface area contributed by atoms with E-state index in [0.29, 0.717) is 34.2 Å². The van der Waals surface area contributed by atoms with Gasteiger partial charge in [0.05, 0.1) is 16.7 Å². The van der Waals surface area contributed by atoms with Crippen molar-refractivity contribution in [3.8, 4) is 17.7 Å². The van der Waals surface area contributed by atoms with Crippen LogP contribution in [0.5, 0.6) is 11.8 Å². The van der Waals surface area contributed by atoms with Crippen molar-refractivity contribution in [3.05, 3.63) is 78.2 Å². The second-order valence-corrected chi connectivity index (χ2v) is 7.42. The summed E-state index contributed by atoms with van der Waals surface area (Å²) in [6.45, 7) is -0.125. The van der Waals surface area contributed by atoms with Crippen LogP contribution in [0, 0.1) is 5.82 Å². The lowest BCUT2D eigenvalue weighted by Gasteiger charge is -2.10. The Labute approximate surface area is 198 Å². The van der Waals surface area contributed by atoms with Gasteiger partial charge in [-0.25, -0.2) is 18.6 Å². The zero-order valence-corrected chi connectivity index (χ0v) is 18.5. The SMILES string of the molecule is Cn1nnnc1-n1c(OCc2cccc(NC(=O)COc3ccccc3)n2)nc2ccc(F)cc21. The van der Waals surface area contributed by atoms with Gasteiger partial charge in [-0.05, 0) is 46.8 Å². The zero-order valence-electron chi connectivity index (χ0n) is 18.5. The number of halogens is 1. The van der Waals surface area contributed by atoms with Crippen LogP contribution in [0.2, 0.25) is 0 Å². The third kappa shape index (κ3) is 4.90. The molecule has 2 aromatic carbocycles. The molecule has 3 aromatic heterocycles. The number of nitrogens with one attached hydrogen (secondary N) is 1. The third-order valence-electron chi connectivity index (χ3n) is 4.92. The minimum atomic E-state index is -0.429. The second kappa shape index (κ2) is 9.55. The maximum atomic E-state index is 13.9. The predicted octanol–water partition coefficient (Wildman–Crippen LogP) is 2.68. The first-order chi connectivity index (χ1) is 17.1. The van der Waals surface area contributed by atoms with Gasteiger partial charge in [0.25, 0.3) is 11.9 Å². The summed E-state index contributed by atoms with van der Waals surface area (Å²) in [7, 11) is 1.65. The van der Waals surface area contributed by atoms with Crippen LogP contribution in [0.1, 0.15) is 5.69 Å². The van der Waals surface area contributed by atoms with Crippen molar-refractivity contribution in [1.82, 2.24) is 34.7 Å². The van der Waals surface area contributed by atoms with Crippen LogP contribution < -0.4 is 14.8 Å². The van der Waals surface area contributed by atoms with Gasteiger partial charge in [0, 0.05) is 13.1 Å². The lowest BCUT2D eigenvalue weighted by atomic mass is 10.3. The molecule has 176 valence electrons. The molecule has 5 aromatic rings. The number of para-hydroxylation sites is 1. The fourth-order valence-corrected chi connectivity index (χ4v) is 3.34. The van der Waals surface area contributed by atoms with Crippen molar-refractivity contribution >= 4 is 22.8 Å². The number of hydrogen-bond acceptors (Lipinski definition) is 8. The quantitative estimate of drug-likeness (QED) is 0.364. The number of fused-ring (bicyclic) bond motifs is 1. The predicted molar refractivity (Wildman–Crippen MR) is 123 cm³/mol. The Morgan fingerprint density at radius 2 is 1.89 bits per heavy atom. The van der Waals surface area contributed by atoms with Crippen LogP contribution in [0.3, 0.4) is 0 Å². The van der Waals surface area contributed by atoms with E-state index in [1.807, 2.05) is 18.2 Å². The average Bonchev–Trinajstić information content (AvgIpc) is 3.44. The summed E-state index contributed by atoms with van der Waals surface area (Å²) in [4.78, 5) is 21.1. The summed E-state index contributed by atoms with van der Waals surface area (Å²) in [5.74, 6) is 0.472. The van der Waals surface area contributed by atoms with E-state index in [-0.39, 0.29) is 25.1 Å². The van der Waals surface area contributed by atoms with Crippen LogP contribution in [0.25, 0.3) is 17.0 Å². The molecule has 0 fully saturated rings. The largest absolute Gasteiger partial charge is 0.484 e. The molecule has 0 saturated carbocycles. The average molecular weight is 474 g/mol. The summed E-state index contributed by atoms with van der Waals surface area (Å²) in [6, 6.07) is 18.5. The molecule has 0 aliphatic heterocycles. The van der Waals surface area contributed by atoms with Gasteiger partial charge in [0.1, 0.15) is 24.0 Å². The smallest absolute Gasteiger partial charge is 0.305 e. The van der Waals surface area contributed by atoms with Crippen LogP contribution >= 0.6 is 0 Å². The number of aromatic nitrogens is 7. The minimum absolute atomic E-state index is 0.0291. The van der Waals surface area contributed by atoms with E-state index < -0.39 is 5.82 Å². The molecule has 3 heterocycles. The Bertz CT molecular complexity index is 1480. The van der Waals surface area contributed by atoms with E-state index in [2.05, 4.69) is 30.8 Å². The van der Waals surface area contributed by atoms with Gasteiger partial charge in [0.2, 0.25) is 0 Å². The summed E-state index contributed by atoms with van der Waals surface area (Å²) >= 11 is 0. The number of anilines is 1. The highest BCUT2D eigenvalue weighted by Gasteiger charge is 2.19. The number of benzene rings is 2. The van der Waals surface area contributed by atoms with Gasteiger partial charge in [-0.2, -0.15) is 4.98 Å². The van der Waals surface area contributed by atoms with Crippen molar-refractivity contribution in [2.75, 3.05) is 11.9 Å². The Morgan fingerprint density at radius 3 is 2.69 bits per heavy atom. The molecule has 0 radical (unpaired) electrons. The molecule has 11 nitrogen and oxygen atoms in total. The van der Waals surface area contributed by atoms with Crippen molar-refractivity contribution in [1.29, 1.82) is 0 Å². The number of ether oxygens (including phenoxy) is 2. The first-order valence-electron chi connectivity index (χ1n) is 10.5. The fourth-order valence-electron chi connectivity index (χ4n) is 3.34. The number of rotatable bonds is 8. The lowest BCUT2D eigenvalue weighted by molar-refractivity contribution is -0.118. The van der Waals surface area contributed by atoms with Crippen LogP contribution in [0.4, 0.5) is 10.2 Å². The number of aryl methyl sites for hydroxylation is 1. The van der Waals surface area contributed by atoms with E-state index in [1.165, 1.54) is 21.4 Å². The van der Waals surface area contributed by atoms with Gasteiger partial charge in [-0.3, -0.25) is 4.79 Å². The molecular weight excluding hydrogens is 455 g/mol. The highest BCUT2D eigenvalue weighted by Crippen LogP contribution is 2.26. The standard InChI is InChI=1S/C23H19FN8O3/c1-31-22(28-29-30-31)32-19-12-15(24)10-11-18(19)26-23(32)35-13-16-6-5-9-20(25-16)27-21(33)14-34-17-7-3-2-4-8-17/h2-12H,13-14H2,1H3,(H,25,27,33). The Kier molecular flexibility index (Phi) is 5.99. The summed E-state index contributed by atoms with van der Waals surface area (Å²) in [5, 5.41) is 14.2. The van der Waals surface area contributed by atoms with Gasteiger partial charge in [0.15, 0.2) is 6.61 Å². The minimum Gasteiger partial charge on any atom is -0.484 e. The van der Waals surface area contributed by atoms with Crippen LogP contribution in [-0.2, 0) is 18.4 Å². The highest BCUT2D eigenvalue weighted by atomic mass is 19.1. The number of tetrazole rings is 1. The summed E-state index contributed by atoms with van der Waals surface area (Å²) < 4.78 is 28.2. The van der Waals surface area contributed by atoms with Crippen molar-refractivity contribution < 1.29 is 18.7 Å². The van der Waals surface area contributed by atoms with Crippen molar-refractivity contribution in [3.63, 3.8) is 0 Å². The van der Waals surface area contributed by atoms with Gasteiger partial charge < -0.3 is 14.8 Å². The summed E-state index contributed by atoms with van der Waals surface area (Å²) in [6.07, 6.45) is 0. The maximum Gasteiger partial charge on any atom is 0.305 e. The molecule has 0 saturated heterocycles. The Balaban J connectivity index is 1.30. The molecule has 0 bridgehead atoms.